The van der Waals surface area contributed by atoms with Crippen LogP contribution < -0.4 is 0 Å². The van der Waals surface area contributed by atoms with Gasteiger partial charge in [0.05, 0.1) is 18.9 Å². The number of nitrogens with zero attached hydrogens (tertiary/aromatic N) is 4. The Morgan fingerprint density at radius 1 is 1.00 bits per heavy atom. The van der Waals surface area contributed by atoms with Crippen LogP contribution in [0.15, 0.2) is 48.7 Å². The van der Waals surface area contributed by atoms with Gasteiger partial charge in [-0.05, 0) is 36.2 Å². The number of carbonyl (C=O) groups is 1. The summed E-state index contributed by atoms with van der Waals surface area (Å²) in [4.78, 5) is 24.5. The summed E-state index contributed by atoms with van der Waals surface area (Å²) in [5, 5.41) is 0. The highest BCUT2D eigenvalue weighted by atomic mass is 19.1. The van der Waals surface area contributed by atoms with Crippen molar-refractivity contribution in [2.45, 2.75) is 19.0 Å². The number of hydrogen-bond donors (Lipinski definition) is 0. The smallest absolute Gasteiger partial charge is 0.244 e. The lowest BCUT2D eigenvalue weighted by Gasteiger charge is -2.36. The largest absolute Gasteiger partial charge is 0.379 e. The predicted octanol–water partition coefficient (Wildman–Crippen LogP) is 2.33. The van der Waals surface area contributed by atoms with Crippen LogP contribution in [0.5, 0.6) is 0 Å². The lowest BCUT2D eigenvalue weighted by molar-refractivity contribution is -0.139. The zero-order valence-electron chi connectivity index (χ0n) is 17.3. The third-order valence-corrected chi connectivity index (χ3v) is 5.84. The quantitative estimate of drug-likeness (QED) is 0.755. The molecule has 0 bridgehead atoms. The van der Waals surface area contributed by atoms with Crippen LogP contribution in [0.2, 0.25) is 0 Å². The minimum Gasteiger partial charge on any atom is -0.379 e. The molecular formula is C23H29FN4O2. The Hall–Kier alpha value is -2.35. The van der Waals surface area contributed by atoms with Crippen molar-refractivity contribution in [3.63, 3.8) is 0 Å². The fraction of sp³-hybridized carbons (Fsp3) is 0.478. The molecule has 2 fully saturated rings. The maximum atomic E-state index is 13.6. The van der Waals surface area contributed by atoms with Crippen molar-refractivity contribution in [3.8, 4) is 0 Å². The summed E-state index contributed by atoms with van der Waals surface area (Å²) in [5.74, 6) is -0.185. The van der Waals surface area contributed by atoms with Gasteiger partial charge in [-0.1, -0.05) is 18.2 Å². The highest BCUT2D eigenvalue weighted by molar-refractivity contribution is 5.83. The first-order valence-electron chi connectivity index (χ1n) is 10.7. The van der Waals surface area contributed by atoms with Crippen molar-refractivity contribution in [1.29, 1.82) is 0 Å². The molecule has 160 valence electrons. The van der Waals surface area contributed by atoms with Gasteiger partial charge >= 0.3 is 0 Å². The second-order valence-electron chi connectivity index (χ2n) is 7.88. The minimum absolute atomic E-state index is 0.100. The van der Waals surface area contributed by atoms with E-state index in [0.29, 0.717) is 32.8 Å². The van der Waals surface area contributed by atoms with Crippen molar-refractivity contribution < 1.29 is 13.9 Å². The summed E-state index contributed by atoms with van der Waals surface area (Å²) in [7, 11) is 0. The molecule has 7 heteroatoms. The molecule has 3 heterocycles. The fourth-order valence-electron chi connectivity index (χ4n) is 4.23. The monoisotopic (exact) mass is 412 g/mol. The molecule has 0 aliphatic carbocycles. The number of halogens is 1. The average Bonchev–Trinajstić information content (AvgIpc) is 3.02. The highest BCUT2D eigenvalue weighted by Gasteiger charge is 2.33. The predicted molar refractivity (Wildman–Crippen MR) is 112 cm³/mol. The molecule has 0 N–H and O–H groups in total. The summed E-state index contributed by atoms with van der Waals surface area (Å²) in [6.45, 7) is 6.62. The van der Waals surface area contributed by atoms with Crippen LogP contribution >= 0.6 is 0 Å². The number of amides is 1. The van der Waals surface area contributed by atoms with Crippen LogP contribution in [-0.4, -0.2) is 78.1 Å². The molecule has 0 saturated carbocycles. The van der Waals surface area contributed by atoms with E-state index >= 15 is 0 Å². The molecular weight excluding hydrogens is 383 g/mol. The molecule has 1 atom stereocenters. The molecule has 0 radical (unpaired) electrons. The maximum Gasteiger partial charge on any atom is 0.244 e. The van der Waals surface area contributed by atoms with E-state index in [0.717, 1.165) is 43.9 Å². The first-order chi connectivity index (χ1) is 14.7. The van der Waals surface area contributed by atoms with Crippen molar-refractivity contribution in [2.75, 3.05) is 52.5 Å². The van der Waals surface area contributed by atoms with Crippen LogP contribution in [0.25, 0.3) is 0 Å². The Balaban J connectivity index is 1.46. The van der Waals surface area contributed by atoms with Gasteiger partial charge in [-0.15, -0.1) is 0 Å². The zero-order valence-corrected chi connectivity index (χ0v) is 17.3. The Kier molecular flexibility index (Phi) is 7.04. The number of rotatable bonds is 5. The van der Waals surface area contributed by atoms with E-state index in [2.05, 4.69) is 14.8 Å². The van der Waals surface area contributed by atoms with Gasteiger partial charge < -0.3 is 9.64 Å². The summed E-state index contributed by atoms with van der Waals surface area (Å²) in [6.07, 6.45) is 2.75. The van der Waals surface area contributed by atoms with E-state index in [4.69, 9.17) is 4.74 Å². The standard InChI is InChI=1S/C23H29FN4O2/c24-20-7-5-19(6-8-20)22(27-14-16-30-17-15-27)23(29)28-11-3-10-26(12-13-28)18-21-4-1-2-9-25-21/h1-2,4-9,22H,3,10-18H2. The first-order valence-corrected chi connectivity index (χ1v) is 10.7. The Morgan fingerprint density at radius 2 is 1.80 bits per heavy atom. The summed E-state index contributed by atoms with van der Waals surface area (Å²) in [6, 6.07) is 11.9. The van der Waals surface area contributed by atoms with E-state index in [9.17, 15) is 9.18 Å². The molecule has 1 amide bonds. The van der Waals surface area contributed by atoms with Crippen LogP contribution in [0.4, 0.5) is 4.39 Å². The van der Waals surface area contributed by atoms with E-state index < -0.39 is 6.04 Å². The Bertz CT molecular complexity index is 812. The highest BCUT2D eigenvalue weighted by Crippen LogP contribution is 2.25. The molecule has 2 aliphatic rings. The topological polar surface area (TPSA) is 48.9 Å². The SMILES string of the molecule is O=C(C(c1ccc(F)cc1)N1CCOCC1)N1CCCN(Cc2ccccn2)CC1. The molecule has 0 spiro atoms. The van der Waals surface area contributed by atoms with Crippen LogP contribution in [0, 0.1) is 5.82 Å². The number of morpholine rings is 1. The van der Waals surface area contributed by atoms with Gasteiger partial charge in [0.1, 0.15) is 11.9 Å². The average molecular weight is 413 g/mol. The molecule has 1 aromatic heterocycles. The van der Waals surface area contributed by atoms with Gasteiger partial charge in [-0.2, -0.15) is 0 Å². The number of carbonyl (C=O) groups excluding carboxylic acids is 1. The molecule has 4 rings (SSSR count). The van der Waals surface area contributed by atoms with Crippen molar-refractivity contribution in [1.82, 2.24) is 19.7 Å². The van der Waals surface area contributed by atoms with Crippen molar-refractivity contribution >= 4 is 5.91 Å². The van der Waals surface area contributed by atoms with E-state index in [1.54, 1.807) is 12.1 Å². The molecule has 6 nitrogen and oxygen atoms in total. The zero-order chi connectivity index (χ0) is 20.8. The molecule has 2 saturated heterocycles. The van der Waals surface area contributed by atoms with Gasteiger partial charge in [-0.25, -0.2) is 4.39 Å². The third-order valence-electron chi connectivity index (χ3n) is 5.84. The van der Waals surface area contributed by atoms with Crippen molar-refractivity contribution in [3.05, 3.63) is 65.7 Å². The molecule has 2 aliphatic heterocycles. The second-order valence-corrected chi connectivity index (χ2v) is 7.88. The summed E-state index contributed by atoms with van der Waals surface area (Å²) in [5.41, 5.74) is 1.90. The molecule has 2 aromatic rings. The van der Waals surface area contributed by atoms with Gasteiger partial charge in [0.2, 0.25) is 5.91 Å². The second kappa shape index (κ2) is 10.1. The number of hydrogen-bond acceptors (Lipinski definition) is 5. The maximum absolute atomic E-state index is 13.6. The van der Waals surface area contributed by atoms with Crippen LogP contribution in [-0.2, 0) is 16.1 Å². The normalized spacial score (nSPS) is 20.0. The number of benzene rings is 1. The van der Waals surface area contributed by atoms with Gasteiger partial charge in [0.25, 0.3) is 0 Å². The molecule has 30 heavy (non-hydrogen) atoms. The lowest BCUT2D eigenvalue weighted by atomic mass is 10.0. The third kappa shape index (κ3) is 5.22. The van der Waals surface area contributed by atoms with E-state index in [1.807, 2.05) is 29.3 Å². The number of aromatic nitrogens is 1. The van der Waals surface area contributed by atoms with Crippen molar-refractivity contribution in [2.24, 2.45) is 0 Å². The van der Waals surface area contributed by atoms with Gasteiger partial charge in [-0.3, -0.25) is 19.6 Å². The summed E-state index contributed by atoms with van der Waals surface area (Å²) >= 11 is 0. The first kappa shape index (κ1) is 20.9. The van der Waals surface area contributed by atoms with Crippen LogP contribution in [0.3, 0.4) is 0 Å². The molecule has 1 aromatic carbocycles. The fourth-order valence-corrected chi connectivity index (χ4v) is 4.23. The number of ether oxygens (including phenoxy) is 1. The lowest BCUT2D eigenvalue weighted by Crippen LogP contribution is -2.48. The molecule has 1 unspecified atom stereocenters. The summed E-state index contributed by atoms with van der Waals surface area (Å²) < 4.78 is 19.0. The van der Waals surface area contributed by atoms with E-state index in [-0.39, 0.29) is 11.7 Å². The van der Waals surface area contributed by atoms with Crippen LogP contribution in [0.1, 0.15) is 23.7 Å². The van der Waals surface area contributed by atoms with Gasteiger partial charge in [0.15, 0.2) is 0 Å². The Morgan fingerprint density at radius 3 is 2.53 bits per heavy atom. The Labute approximate surface area is 177 Å². The number of pyridine rings is 1. The minimum atomic E-state index is -0.392. The van der Waals surface area contributed by atoms with Gasteiger partial charge in [0, 0.05) is 52.0 Å². The van der Waals surface area contributed by atoms with E-state index in [1.165, 1.54) is 12.1 Å².